The summed E-state index contributed by atoms with van der Waals surface area (Å²) in [6.45, 7) is 4.00. The average molecular weight is 245 g/mol. The van der Waals surface area contributed by atoms with Crippen LogP contribution in [0, 0.1) is 0 Å². The Morgan fingerprint density at radius 2 is 2.06 bits per heavy atom. The van der Waals surface area contributed by atoms with Crippen molar-refractivity contribution < 1.29 is 4.79 Å². The van der Waals surface area contributed by atoms with Crippen molar-refractivity contribution in [1.29, 1.82) is 0 Å². The monoisotopic (exact) mass is 245 g/mol. The van der Waals surface area contributed by atoms with E-state index in [9.17, 15) is 4.79 Å². The van der Waals surface area contributed by atoms with Crippen LogP contribution in [0.5, 0.6) is 0 Å². The maximum absolute atomic E-state index is 11.9. The van der Waals surface area contributed by atoms with Gasteiger partial charge in [0.25, 0.3) is 0 Å². The second-order valence-corrected chi connectivity index (χ2v) is 3.74. The Balaban J connectivity index is 0.000000771. The normalized spacial score (nSPS) is 10.2. The molecule has 0 amide bonds. The molecule has 0 saturated heterocycles. The number of H-pyrrole nitrogens is 1. The lowest BCUT2D eigenvalue weighted by atomic mass is 10.1. The second-order valence-electron chi connectivity index (χ2n) is 3.74. The van der Waals surface area contributed by atoms with E-state index in [1.807, 2.05) is 38.9 Å². The Labute approximate surface area is 107 Å². The highest BCUT2D eigenvalue weighted by Crippen LogP contribution is 2.15. The molecule has 0 aliphatic carbocycles. The van der Waals surface area contributed by atoms with Crippen LogP contribution in [-0.4, -0.2) is 34.7 Å². The second kappa shape index (κ2) is 6.59. The molecule has 0 atom stereocenters. The van der Waals surface area contributed by atoms with Gasteiger partial charge in [-0.15, -0.1) is 0 Å². The van der Waals surface area contributed by atoms with Gasteiger partial charge in [-0.1, -0.05) is 13.8 Å². The third-order valence-corrected chi connectivity index (χ3v) is 2.25. The van der Waals surface area contributed by atoms with E-state index < -0.39 is 0 Å². The number of nitrogens with one attached hydrogen (secondary N) is 1. The lowest BCUT2D eigenvalue weighted by Gasteiger charge is -2.03. The van der Waals surface area contributed by atoms with E-state index in [1.54, 1.807) is 30.7 Å². The molecular weight excluding hydrogens is 226 g/mol. The number of ketones is 1. The van der Waals surface area contributed by atoms with Crippen molar-refractivity contribution in [3.8, 4) is 0 Å². The quantitative estimate of drug-likeness (QED) is 0.668. The van der Waals surface area contributed by atoms with Gasteiger partial charge in [0.15, 0.2) is 5.78 Å². The fourth-order valence-corrected chi connectivity index (χ4v) is 1.48. The van der Waals surface area contributed by atoms with Crippen molar-refractivity contribution in [2.24, 2.45) is 0 Å². The fourth-order valence-electron chi connectivity index (χ4n) is 1.48. The van der Waals surface area contributed by atoms with Crippen molar-refractivity contribution in [3.05, 3.63) is 42.4 Å². The molecule has 2 aromatic heterocycles. The van der Waals surface area contributed by atoms with Gasteiger partial charge in [0.2, 0.25) is 0 Å². The SMILES string of the molecule is CC.CN(C)/C=C\C(=O)c1ccnc2[nH]ccc12. The Hall–Kier alpha value is -2.10. The molecule has 0 aromatic carbocycles. The first kappa shape index (κ1) is 14.0. The first-order chi connectivity index (χ1) is 8.68. The van der Waals surface area contributed by atoms with Crippen LogP contribution in [-0.2, 0) is 0 Å². The predicted octanol–water partition coefficient (Wildman–Crippen LogP) is 2.85. The van der Waals surface area contributed by atoms with Gasteiger partial charge in [-0.2, -0.15) is 0 Å². The van der Waals surface area contributed by atoms with Crippen molar-refractivity contribution in [2.45, 2.75) is 13.8 Å². The van der Waals surface area contributed by atoms with E-state index in [4.69, 9.17) is 0 Å². The molecule has 0 saturated carbocycles. The summed E-state index contributed by atoms with van der Waals surface area (Å²) in [6.07, 6.45) is 6.71. The number of nitrogens with zero attached hydrogens (tertiary/aromatic N) is 2. The molecule has 0 aliphatic heterocycles. The Morgan fingerprint density at radius 1 is 1.33 bits per heavy atom. The van der Waals surface area contributed by atoms with E-state index in [1.165, 1.54) is 0 Å². The standard InChI is InChI=1S/C12H13N3O.C2H6/c1-15(2)8-5-11(16)9-3-6-13-12-10(9)4-7-14-12;1-2/h3-8H,1-2H3,(H,13,14);1-2H3/b8-5-;. The number of pyridine rings is 1. The highest BCUT2D eigenvalue weighted by Gasteiger charge is 2.07. The lowest BCUT2D eigenvalue weighted by Crippen LogP contribution is -2.03. The predicted molar refractivity (Wildman–Crippen MR) is 74.6 cm³/mol. The van der Waals surface area contributed by atoms with Crippen LogP contribution < -0.4 is 0 Å². The molecule has 0 spiro atoms. The zero-order valence-corrected chi connectivity index (χ0v) is 11.3. The molecule has 1 N–H and O–H groups in total. The molecule has 18 heavy (non-hydrogen) atoms. The van der Waals surface area contributed by atoms with Crippen LogP contribution >= 0.6 is 0 Å². The largest absolute Gasteiger partial charge is 0.383 e. The summed E-state index contributed by atoms with van der Waals surface area (Å²) in [4.78, 5) is 20.9. The molecule has 4 heteroatoms. The fraction of sp³-hybridized carbons (Fsp3) is 0.286. The average Bonchev–Trinajstić information content (AvgIpc) is 2.86. The maximum Gasteiger partial charge on any atom is 0.188 e. The van der Waals surface area contributed by atoms with Crippen LogP contribution in [0.1, 0.15) is 24.2 Å². The molecule has 2 aromatic rings. The molecular formula is C14H19N3O. The summed E-state index contributed by atoms with van der Waals surface area (Å²) in [5.74, 6) is -0.0132. The van der Waals surface area contributed by atoms with Crippen LogP contribution in [0.3, 0.4) is 0 Å². The van der Waals surface area contributed by atoms with Crippen LogP contribution in [0.2, 0.25) is 0 Å². The summed E-state index contributed by atoms with van der Waals surface area (Å²) in [5, 5.41) is 0.857. The van der Waals surface area contributed by atoms with Crippen molar-refractivity contribution in [1.82, 2.24) is 14.9 Å². The van der Waals surface area contributed by atoms with Crippen molar-refractivity contribution in [3.63, 3.8) is 0 Å². The maximum atomic E-state index is 11.9. The molecule has 0 radical (unpaired) electrons. The Morgan fingerprint density at radius 3 is 2.72 bits per heavy atom. The van der Waals surface area contributed by atoms with E-state index in [-0.39, 0.29) is 5.78 Å². The van der Waals surface area contributed by atoms with Gasteiger partial charge in [0.05, 0.1) is 0 Å². The Kier molecular flexibility index (Phi) is 5.11. The number of carbonyl (C=O) groups excluding carboxylic acids is 1. The number of carbonyl (C=O) groups is 1. The zero-order valence-electron chi connectivity index (χ0n) is 11.3. The molecule has 0 bridgehead atoms. The number of allylic oxidation sites excluding steroid dienone is 1. The van der Waals surface area contributed by atoms with E-state index >= 15 is 0 Å². The van der Waals surface area contributed by atoms with Crippen molar-refractivity contribution in [2.75, 3.05) is 14.1 Å². The van der Waals surface area contributed by atoms with E-state index in [2.05, 4.69) is 9.97 Å². The zero-order chi connectivity index (χ0) is 13.5. The van der Waals surface area contributed by atoms with Gasteiger partial charge >= 0.3 is 0 Å². The summed E-state index contributed by atoms with van der Waals surface area (Å²) < 4.78 is 0. The van der Waals surface area contributed by atoms with Gasteiger partial charge < -0.3 is 9.88 Å². The first-order valence-corrected chi connectivity index (χ1v) is 5.99. The van der Waals surface area contributed by atoms with E-state index in [0.717, 1.165) is 11.0 Å². The number of aromatic nitrogens is 2. The topological polar surface area (TPSA) is 49.0 Å². The smallest absolute Gasteiger partial charge is 0.188 e. The number of hydrogen-bond donors (Lipinski definition) is 1. The van der Waals surface area contributed by atoms with Gasteiger partial charge in [-0.3, -0.25) is 4.79 Å². The highest BCUT2D eigenvalue weighted by molar-refractivity contribution is 6.12. The van der Waals surface area contributed by atoms with Crippen LogP contribution in [0.25, 0.3) is 11.0 Å². The first-order valence-electron chi connectivity index (χ1n) is 5.99. The van der Waals surface area contributed by atoms with E-state index in [0.29, 0.717) is 5.56 Å². The van der Waals surface area contributed by atoms with Crippen molar-refractivity contribution >= 4 is 16.8 Å². The molecule has 4 nitrogen and oxygen atoms in total. The molecule has 2 heterocycles. The molecule has 0 fully saturated rings. The molecule has 96 valence electrons. The lowest BCUT2D eigenvalue weighted by molar-refractivity contribution is 0.104. The minimum absolute atomic E-state index is 0.0132. The highest BCUT2D eigenvalue weighted by atomic mass is 16.1. The van der Waals surface area contributed by atoms with Crippen LogP contribution in [0.4, 0.5) is 0 Å². The molecule has 2 rings (SSSR count). The summed E-state index contributed by atoms with van der Waals surface area (Å²) in [5.41, 5.74) is 1.41. The summed E-state index contributed by atoms with van der Waals surface area (Å²) >= 11 is 0. The van der Waals surface area contributed by atoms with Gasteiger partial charge in [-0.25, -0.2) is 4.98 Å². The number of aromatic amines is 1. The number of hydrogen-bond acceptors (Lipinski definition) is 3. The minimum atomic E-state index is -0.0132. The number of fused-ring (bicyclic) bond motifs is 1. The van der Waals surface area contributed by atoms with Crippen LogP contribution in [0.15, 0.2) is 36.8 Å². The third-order valence-electron chi connectivity index (χ3n) is 2.25. The molecule has 0 unspecified atom stereocenters. The minimum Gasteiger partial charge on any atom is -0.383 e. The van der Waals surface area contributed by atoms with Gasteiger partial charge in [0, 0.05) is 49.7 Å². The number of rotatable bonds is 3. The molecule has 0 aliphatic rings. The summed E-state index contributed by atoms with van der Waals surface area (Å²) in [7, 11) is 3.75. The Bertz CT molecular complexity index is 541. The summed E-state index contributed by atoms with van der Waals surface area (Å²) in [6, 6.07) is 3.59. The van der Waals surface area contributed by atoms with Gasteiger partial charge in [-0.05, 0) is 12.1 Å². The van der Waals surface area contributed by atoms with Gasteiger partial charge in [0.1, 0.15) is 5.65 Å². The third kappa shape index (κ3) is 3.20.